The fourth-order valence-electron chi connectivity index (χ4n) is 1.93. The van der Waals surface area contributed by atoms with E-state index in [0.717, 1.165) is 19.6 Å². The van der Waals surface area contributed by atoms with Crippen molar-refractivity contribution >= 4 is 0 Å². The summed E-state index contributed by atoms with van der Waals surface area (Å²) in [6.45, 7) is 5.56. The first-order chi connectivity index (χ1) is 6.96. The molecule has 0 radical (unpaired) electrons. The summed E-state index contributed by atoms with van der Waals surface area (Å²) in [4.78, 5) is 2.25. The van der Waals surface area contributed by atoms with Crippen LogP contribution in [0.15, 0.2) is 0 Å². The molecule has 1 aliphatic rings. The molecule has 15 heavy (non-hydrogen) atoms. The molecule has 0 aromatic heterocycles. The Labute approximate surface area is 92.0 Å². The van der Waals surface area contributed by atoms with Crippen LogP contribution in [0.3, 0.4) is 0 Å². The summed E-state index contributed by atoms with van der Waals surface area (Å²) in [6, 6.07) is 2.59. The maximum absolute atomic E-state index is 8.81. The smallest absolute Gasteiger partial charge is 0.102 e. The van der Waals surface area contributed by atoms with E-state index in [4.69, 9.17) is 15.7 Å². The zero-order valence-electron chi connectivity index (χ0n) is 9.86. The van der Waals surface area contributed by atoms with Crippen LogP contribution in [0.25, 0.3) is 0 Å². The van der Waals surface area contributed by atoms with E-state index in [0.29, 0.717) is 18.6 Å². The highest BCUT2D eigenvalue weighted by Crippen LogP contribution is 2.19. The summed E-state index contributed by atoms with van der Waals surface area (Å²) in [5.74, 6) is 0. The molecule has 2 N–H and O–H groups in total. The lowest BCUT2D eigenvalue weighted by atomic mass is 10.0. The van der Waals surface area contributed by atoms with Crippen LogP contribution < -0.4 is 5.73 Å². The zero-order chi connectivity index (χ0) is 11.5. The molecule has 4 heteroatoms. The normalized spacial score (nSPS) is 30.1. The highest BCUT2D eigenvalue weighted by atomic mass is 16.5. The van der Waals surface area contributed by atoms with Crippen LogP contribution in [0.2, 0.25) is 0 Å². The second-order valence-electron chi connectivity index (χ2n) is 4.69. The third kappa shape index (κ3) is 3.45. The van der Waals surface area contributed by atoms with E-state index < -0.39 is 5.54 Å². The van der Waals surface area contributed by atoms with Gasteiger partial charge in [-0.3, -0.25) is 0 Å². The Hall–Kier alpha value is -0.630. The molecule has 0 saturated carbocycles. The number of nitriles is 1. The van der Waals surface area contributed by atoms with Crippen molar-refractivity contribution in [3.8, 4) is 6.07 Å². The van der Waals surface area contributed by atoms with Gasteiger partial charge in [-0.1, -0.05) is 0 Å². The number of nitrogens with two attached hydrogens (primary N) is 1. The van der Waals surface area contributed by atoms with Crippen LogP contribution in [0.1, 0.15) is 26.7 Å². The van der Waals surface area contributed by atoms with Crippen molar-refractivity contribution in [1.82, 2.24) is 4.90 Å². The van der Waals surface area contributed by atoms with E-state index in [9.17, 15) is 0 Å². The van der Waals surface area contributed by atoms with E-state index in [1.807, 2.05) is 0 Å². The number of nitrogens with zero attached hydrogens (tertiary/aromatic N) is 2. The third-order valence-corrected chi connectivity index (χ3v) is 3.14. The Morgan fingerprint density at radius 2 is 2.33 bits per heavy atom. The predicted octanol–water partition coefficient (Wildman–Crippen LogP) is 0.727. The molecule has 1 saturated heterocycles. The predicted molar refractivity (Wildman–Crippen MR) is 59.3 cm³/mol. The van der Waals surface area contributed by atoms with Crippen molar-refractivity contribution in [1.29, 1.82) is 5.26 Å². The largest absolute Gasteiger partial charge is 0.377 e. The maximum Gasteiger partial charge on any atom is 0.102 e. The van der Waals surface area contributed by atoms with Gasteiger partial charge in [-0.25, -0.2) is 0 Å². The Morgan fingerprint density at radius 1 is 1.67 bits per heavy atom. The Balaban J connectivity index is 2.36. The number of rotatable bonds is 4. The van der Waals surface area contributed by atoms with Gasteiger partial charge in [-0.15, -0.1) is 0 Å². The summed E-state index contributed by atoms with van der Waals surface area (Å²) in [5.41, 5.74) is 5.07. The molecule has 3 atom stereocenters. The average Bonchev–Trinajstić information content (AvgIpc) is 2.61. The quantitative estimate of drug-likeness (QED) is 0.744. The summed E-state index contributed by atoms with van der Waals surface area (Å²) in [6.07, 6.45) is 2.07. The molecular formula is C11H21N3O. The van der Waals surface area contributed by atoms with Crippen molar-refractivity contribution in [3.05, 3.63) is 0 Å². The third-order valence-electron chi connectivity index (χ3n) is 3.14. The molecule has 1 aliphatic heterocycles. The Kier molecular flexibility index (Phi) is 4.09. The van der Waals surface area contributed by atoms with E-state index in [1.54, 1.807) is 6.92 Å². The lowest BCUT2D eigenvalue weighted by Crippen LogP contribution is -2.42. The maximum atomic E-state index is 8.81. The van der Waals surface area contributed by atoms with Gasteiger partial charge in [0.1, 0.15) is 5.54 Å². The molecule has 0 spiro atoms. The average molecular weight is 211 g/mol. The summed E-state index contributed by atoms with van der Waals surface area (Å²) in [7, 11) is 2.07. The van der Waals surface area contributed by atoms with Crippen molar-refractivity contribution in [2.45, 2.75) is 44.4 Å². The van der Waals surface area contributed by atoms with E-state index in [-0.39, 0.29) is 0 Å². The molecule has 3 unspecified atom stereocenters. The molecule has 0 aromatic carbocycles. The standard InChI is InChI=1S/C11H21N3O/c1-9-10(4-7-15-9)14(3)6-5-11(2,13)8-12/h9-10H,4-7,13H2,1-3H3. The minimum Gasteiger partial charge on any atom is -0.377 e. The minimum atomic E-state index is -0.711. The van der Waals surface area contributed by atoms with Gasteiger partial charge in [-0.2, -0.15) is 5.26 Å². The highest BCUT2D eigenvalue weighted by molar-refractivity contribution is 5.01. The molecular weight excluding hydrogens is 190 g/mol. The van der Waals surface area contributed by atoms with Gasteiger partial charge >= 0.3 is 0 Å². The van der Waals surface area contributed by atoms with Gasteiger partial charge in [0.15, 0.2) is 0 Å². The van der Waals surface area contributed by atoms with Gasteiger partial charge in [-0.05, 0) is 33.7 Å². The number of likely N-dealkylation sites (N-methyl/N-ethyl adjacent to an activating group) is 1. The number of hydrogen-bond donors (Lipinski definition) is 1. The molecule has 0 bridgehead atoms. The molecule has 1 heterocycles. The molecule has 4 nitrogen and oxygen atoms in total. The first-order valence-electron chi connectivity index (χ1n) is 5.48. The summed E-state index contributed by atoms with van der Waals surface area (Å²) < 4.78 is 5.51. The van der Waals surface area contributed by atoms with Crippen LogP contribution in [0.4, 0.5) is 0 Å². The van der Waals surface area contributed by atoms with Crippen molar-refractivity contribution < 1.29 is 4.74 Å². The highest BCUT2D eigenvalue weighted by Gasteiger charge is 2.28. The first-order valence-corrected chi connectivity index (χ1v) is 5.48. The Morgan fingerprint density at radius 3 is 2.80 bits per heavy atom. The zero-order valence-corrected chi connectivity index (χ0v) is 9.86. The molecule has 0 aromatic rings. The van der Waals surface area contributed by atoms with E-state index in [2.05, 4.69) is 24.9 Å². The molecule has 86 valence electrons. The van der Waals surface area contributed by atoms with Gasteiger partial charge in [0.2, 0.25) is 0 Å². The number of ether oxygens (including phenoxy) is 1. The van der Waals surface area contributed by atoms with Gasteiger partial charge in [0.05, 0.1) is 12.2 Å². The van der Waals surface area contributed by atoms with Gasteiger partial charge < -0.3 is 15.4 Å². The second-order valence-corrected chi connectivity index (χ2v) is 4.69. The topological polar surface area (TPSA) is 62.3 Å². The van der Waals surface area contributed by atoms with Crippen LogP contribution >= 0.6 is 0 Å². The van der Waals surface area contributed by atoms with Gasteiger partial charge in [0, 0.05) is 19.2 Å². The van der Waals surface area contributed by atoms with Gasteiger partial charge in [0.25, 0.3) is 0 Å². The van der Waals surface area contributed by atoms with Crippen molar-refractivity contribution in [2.75, 3.05) is 20.2 Å². The van der Waals surface area contributed by atoms with Crippen molar-refractivity contribution in [3.63, 3.8) is 0 Å². The molecule has 1 fully saturated rings. The molecule has 0 aliphatic carbocycles. The first kappa shape index (κ1) is 12.4. The van der Waals surface area contributed by atoms with E-state index in [1.165, 1.54) is 0 Å². The monoisotopic (exact) mass is 211 g/mol. The van der Waals surface area contributed by atoms with E-state index >= 15 is 0 Å². The molecule has 0 amide bonds. The van der Waals surface area contributed by atoms with Crippen LogP contribution in [-0.2, 0) is 4.74 Å². The second kappa shape index (κ2) is 4.93. The minimum absolute atomic E-state index is 0.293. The SMILES string of the molecule is CC1OCCC1N(C)CCC(C)(N)C#N. The fraction of sp³-hybridized carbons (Fsp3) is 0.909. The fourth-order valence-corrected chi connectivity index (χ4v) is 1.93. The lowest BCUT2D eigenvalue weighted by molar-refractivity contribution is 0.0821. The number of hydrogen-bond acceptors (Lipinski definition) is 4. The van der Waals surface area contributed by atoms with Crippen LogP contribution in [0.5, 0.6) is 0 Å². The summed E-state index contributed by atoms with van der Waals surface area (Å²) in [5, 5.41) is 8.81. The van der Waals surface area contributed by atoms with Crippen molar-refractivity contribution in [2.24, 2.45) is 5.73 Å². The van der Waals surface area contributed by atoms with Crippen LogP contribution in [0, 0.1) is 11.3 Å². The Bertz CT molecular complexity index is 247. The lowest BCUT2D eigenvalue weighted by Gasteiger charge is -2.28. The van der Waals surface area contributed by atoms with Crippen LogP contribution in [-0.4, -0.2) is 42.8 Å². The summed E-state index contributed by atoms with van der Waals surface area (Å²) >= 11 is 0. The molecule has 1 rings (SSSR count).